The van der Waals surface area contributed by atoms with Crippen molar-refractivity contribution in [1.82, 2.24) is 10.2 Å². The van der Waals surface area contributed by atoms with E-state index in [1.165, 1.54) is 0 Å². The summed E-state index contributed by atoms with van der Waals surface area (Å²) < 4.78 is 61.4. The highest BCUT2D eigenvalue weighted by molar-refractivity contribution is 5.84. The molecule has 17 heavy (non-hydrogen) atoms. The predicted molar refractivity (Wildman–Crippen MR) is 49.6 cm³/mol. The maximum atomic E-state index is 12.8. The van der Waals surface area contributed by atoms with E-state index in [1.807, 2.05) is 0 Å². The Morgan fingerprint density at radius 1 is 1.35 bits per heavy atom. The maximum Gasteiger partial charge on any atom is 0.463 e. The minimum atomic E-state index is -5.83. The van der Waals surface area contributed by atoms with E-state index < -0.39 is 18.0 Å². The lowest BCUT2D eigenvalue weighted by atomic mass is 10.1. The van der Waals surface area contributed by atoms with E-state index in [4.69, 9.17) is 0 Å². The van der Waals surface area contributed by atoms with Gasteiger partial charge < -0.3 is 10.2 Å². The molecule has 100 valence electrons. The number of rotatable bonds is 3. The van der Waals surface area contributed by atoms with Crippen molar-refractivity contribution in [2.75, 3.05) is 26.7 Å². The highest BCUT2D eigenvalue weighted by atomic mass is 19.4. The summed E-state index contributed by atoms with van der Waals surface area (Å²) in [6.45, 7) is 0.365. The number of nitrogens with one attached hydrogen (secondary N) is 1. The van der Waals surface area contributed by atoms with Crippen LogP contribution in [0.15, 0.2) is 0 Å². The summed E-state index contributed by atoms with van der Waals surface area (Å²) in [6.07, 6.45) is -5.40. The Kier molecular flexibility index (Phi) is 3.95. The van der Waals surface area contributed by atoms with Crippen molar-refractivity contribution < 1.29 is 26.7 Å². The predicted octanol–water partition coefficient (Wildman–Crippen LogP) is 1.25. The van der Waals surface area contributed by atoms with Gasteiger partial charge in [-0.05, 0) is 25.9 Å². The number of carbonyl (C=O) groups excluding carboxylic acids is 1. The highest BCUT2D eigenvalue weighted by Gasteiger charge is 2.64. The zero-order chi connectivity index (χ0) is 13.3. The molecule has 1 N–H and O–H groups in total. The van der Waals surface area contributed by atoms with Crippen LogP contribution in [0, 0.1) is 5.92 Å². The van der Waals surface area contributed by atoms with Gasteiger partial charge in [-0.2, -0.15) is 22.0 Å². The van der Waals surface area contributed by atoms with Crippen molar-refractivity contribution in [2.24, 2.45) is 5.92 Å². The summed E-state index contributed by atoms with van der Waals surface area (Å²) in [4.78, 5) is 11.7. The van der Waals surface area contributed by atoms with Gasteiger partial charge in [-0.3, -0.25) is 4.79 Å². The van der Waals surface area contributed by atoms with Crippen LogP contribution in [0.4, 0.5) is 22.0 Å². The van der Waals surface area contributed by atoms with Crippen molar-refractivity contribution >= 4 is 5.91 Å². The number of hydrogen-bond donors (Lipinski definition) is 1. The van der Waals surface area contributed by atoms with Crippen molar-refractivity contribution in [1.29, 1.82) is 0 Å². The molecule has 1 atom stereocenters. The molecule has 1 unspecified atom stereocenters. The first-order chi connectivity index (χ1) is 7.70. The lowest BCUT2D eigenvalue weighted by molar-refractivity contribution is -0.274. The highest BCUT2D eigenvalue weighted by Crippen LogP contribution is 2.37. The average molecular weight is 260 g/mol. The quantitative estimate of drug-likeness (QED) is 0.775. The number of amides is 1. The van der Waals surface area contributed by atoms with Gasteiger partial charge in [0.05, 0.1) is 0 Å². The van der Waals surface area contributed by atoms with E-state index in [-0.39, 0.29) is 19.0 Å². The van der Waals surface area contributed by atoms with E-state index in [2.05, 4.69) is 5.32 Å². The molecule has 0 bridgehead atoms. The summed E-state index contributed by atoms with van der Waals surface area (Å²) in [5.41, 5.74) is 0. The van der Waals surface area contributed by atoms with E-state index in [1.54, 1.807) is 7.05 Å². The lowest BCUT2D eigenvalue weighted by Crippen LogP contribution is -2.51. The van der Waals surface area contributed by atoms with E-state index in [9.17, 15) is 26.7 Å². The third-order valence-electron chi connectivity index (χ3n) is 2.69. The van der Waals surface area contributed by atoms with Gasteiger partial charge in [0.1, 0.15) is 0 Å². The second-order valence-electron chi connectivity index (χ2n) is 4.04. The summed E-state index contributed by atoms with van der Waals surface area (Å²) >= 11 is 0. The van der Waals surface area contributed by atoms with Crippen molar-refractivity contribution in [3.05, 3.63) is 0 Å². The Morgan fingerprint density at radius 2 is 1.94 bits per heavy atom. The molecule has 8 heteroatoms. The second-order valence-corrected chi connectivity index (χ2v) is 4.04. The number of hydrogen-bond acceptors (Lipinski definition) is 2. The van der Waals surface area contributed by atoms with Crippen molar-refractivity contribution in [2.45, 2.75) is 18.5 Å². The van der Waals surface area contributed by atoms with Crippen LogP contribution in [0.3, 0.4) is 0 Å². The first-order valence-electron chi connectivity index (χ1n) is 5.08. The number of carbonyl (C=O) groups is 1. The molecule has 1 fully saturated rings. The van der Waals surface area contributed by atoms with Crippen LogP contribution in [0.1, 0.15) is 6.42 Å². The minimum absolute atomic E-state index is 0.0587. The molecule has 0 aromatic heterocycles. The fourth-order valence-electron chi connectivity index (χ4n) is 1.79. The van der Waals surface area contributed by atoms with Gasteiger partial charge in [-0.1, -0.05) is 0 Å². The summed E-state index contributed by atoms with van der Waals surface area (Å²) in [6, 6.07) is 0. The summed E-state index contributed by atoms with van der Waals surface area (Å²) in [7, 11) is 1.65. The zero-order valence-corrected chi connectivity index (χ0v) is 9.15. The molecule has 0 saturated carbocycles. The van der Waals surface area contributed by atoms with Crippen LogP contribution in [-0.4, -0.2) is 49.6 Å². The van der Waals surface area contributed by atoms with E-state index in [0.717, 1.165) is 0 Å². The molecule has 0 aromatic rings. The normalized spacial score (nSPS) is 22.0. The standard InChI is InChI=1S/C9H13F5N2O/c1-15-4-6-2-3-16(5-6)7(17)8(10,11)9(12,13)14/h6,15H,2-5H2,1H3. The van der Waals surface area contributed by atoms with Crippen molar-refractivity contribution in [3.8, 4) is 0 Å². The Morgan fingerprint density at radius 3 is 2.41 bits per heavy atom. The van der Waals surface area contributed by atoms with Crippen LogP contribution >= 0.6 is 0 Å². The molecule has 3 nitrogen and oxygen atoms in total. The number of nitrogens with zero attached hydrogens (tertiary/aromatic N) is 1. The number of halogens is 5. The fourth-order valence-corrected chi connectivity index (χ4v) is 1.79. The summed E-state index contributed by atoms with van der Waals surface area (Å²) in [5.74, 6) is -7.52. The average Bonchev–Trinajstić information content (AvgIpc) is 2.64. The Hall–Kier alpha value is -0.920. The molecular formula is C9H13F5N2O. The van der Waals surface area contributed by atoms with Crippen LogP contribution in [-0.2, 0) is 4.79 Å². The van der Waals surface area contributed by atoms with Gasteiger partial charge >= 0.3 is 18.0 Å². The van der Waals surface area contributed by atoms with Gasteiger partial charge in [-0.25, -0.2) is 0 Å². The lowest BCUT2D eigenvalue weighted by Gasteiger charge is -2.24. The molecule has 0 aliphatic carbocycles. The molecule has 0 aromatic carbocycles. The summed E-state index contributed by atoms with van der Waals surface area (Å²) in [5, 5.41) is 2.79. The third-order valence-corrected chi connectivity index (χ3v) is 2.69. The molecule has 1 heterocycles. The topological polar surface area (TPSA) is 32.3 Å². The molecule has 1 amide bonds. The minimum Gasteiger partial charge on any atom is -0.337 e. The first-order valence-corrected chi connectivity index (χ1v) is 5.08. The van der Waals surface area contributed by atoms with Gasteiger partial charge in [0, 0.05) is 13.1 Å². The van der Waals surface area contributed by atoms with Crippen molar-refractivity contribution in [3.63, 3.8) is 0 Å². The molecule has 0 radical (unpaired) electrons. The molecule has 1 saturated heterocycles. The molecule has 1 aliphatic heterocycles. The largest absolute Gasteiger partial charge is 0.463 e. The maximum absolute atomic E-state index is 12.8. The Labute approximate surface area is 95.0 Å². The number of alkyl halides is 5. The first kappa shape index (κ1) is 14.1. The van der Waals surface area contributed by atoms with Crippen LogP contribution < -0.4 is 5.32 Å². The fraction of sp³-hybridized carbons (Fsp3) is 0.889. The van der Waals surface area contributed by atoms with Crippen LogP contribution in [0.2, 0.25) is 0 Å². The Balaban J connectivity index is 2.67. The molecule has 1 aliphatic rings. The third kappa shape index (κ3) is 2.85. The van der Waals surface area contributed by atoms with Crippen LogP contribution in [0.25, 0.3) is 0 Å². The van der Waals surface area contributed by atoms with Gasteiger partial charge in [-0.15, -0.1) is 0 Å². The molecule has 1 rings (SSSR count). The molecular weight excluding hydrogens is 247 g/mol. The second kappa shape index (κ2) is 4.75. The van der Waals surface area contributed by atoms with Gasteiger partial charge in [0.15, 0.2) is 0 Å². The zero-order valence-electron chi connectivity index (χ0n) is 9.15. The van der Waals surface area contributed by atoms with Gasteiger partial charge in [0.25, 0.3) is 0 Å². The van der Waals surface area contributed by atoms with Gasteiger partial charge in [0.2, 0.25) is 0 Å². The number of likely N-dealkylation sites (tertiary alicyclic amines) is 1. The Bertz CT molecular complexity index is 292. The van der Waals surface area contributed by atoms with E-state index in [0.29, 0.717) is 17.9 Å². The van der Waals surface area contributed by atoms with E-state index >= 15 is 0 Å². The SMILES string of the molecule is CNCC1CCN(C(=O)C(F)(F)C(F)(F)F)C1. The molecule has 0 spiro atoms. The monoisotopic (exact) mass is 260 g/mol. The van der Waals surface area contributed by atoms with Crippen LogP contribution in [0.5, 0.6) is 0 Å². The smallest absolute Gasteiger partial charge is 0.337 e.